The van der Waals surface area contributed by atoms with Crippen molar-refractivity contribution in [2.24, 2.45) is 0 Å². The number of carboxylic acids is 1. The zero-order valence-electron chi connectivity index (χ0n) is 10.4. The molecule has 110 valence electrons. The van der Waals surface area contributed by atoms with E-state index >= 15 is 0 Å². The molecule has 0 aliphatic rings. The molecule has 0 saturated heterocycles. The van der Waals surface area contributed by atoms with Gasteiger partial charge in [0, 0.05) is 4.47 Å². The van der Waals surface area contributed by atoms with E-state index in [1.54, 1.807) is 6.07 Å². The molecule has 0 atom stereocenters. The largest absolute Gasteiger partial charge is 0.478 e. The van der Waals surface area contributed by atoms with Crippen LogP contribution < -0.4 is 4.72 Å². The number of hydrogen-bond acceptors (Lipinski definition) is 3. The molecule has 0 spiro atoms. The Labute approximate surface area is 134 Å². The molecule has 2 aromatic carbocycles. The fourth-order valence-corrected chi connectivity index (χ4v) is 3.27. The van der Waals surface area contributed by atoms with Gasteiger partial charge in [0.25, 0.3) is 10.0 Å². The fourth-order valence-electron chi connectivity index (χ4n) is 1.58. The van der Waals surface area contributed by atoms with E-state index in [4.69, 9.17) is 16.7 Å². The van der Waals surface area contributed by atoms with Crippen LogP contribution in [0.3, 0.4) is 0 Å². The van der Waals surface area contributed by atoms with Gasteiger partial charge in [-0.25, -0.2) is 13.2 Å². The average molecular weight is 391 g/mol. The Morgan fingerprint density at radius 2 is 1.90 bits per heavy atom. The first kappa shape index (κ1) is 15.8. The SMILES string of the molecule is O=C(O)c1cccc(S(=O)(=O)Nc2cc(Br)ccc2Cl)c1. The maximum absolute atomic E-state index is 12.3. The number of anilines is 1. The highest BCUT2D eigenvalue weighted by atomic mass is 79.9. The lowest BCUT2D eigenvalue weighted by Crippen LogP contribution is -2.14. The van der Waals surface area contributed by atoms with Gasteiger partial charge >= 0.3 is 5.97 Å². The minimum atomic E-state index is -3.93. The van der Waals surface area contributed by atoms with Gasteiger partial charge in [0.1, 0.15) is 0 Å². The van der Waals surface area contributed by atoms with Crippen LogP contribution in [0.5, 0.6) is 0 Å². The van der Waals surface area contributed by atoms with Crippen LogP contribution in [0.1, 0.15) is 10.4 Å². The molecular formula is C13H9BrClNO4S. The predicted octanol–water partition coefficient (Wildman–Crippen LogP) is 3.60. The Bertz CT molecular complexity index is 808. The van der Waals surface area contributed by atoms with E-state index in [1.165, 1.54) is 30.3 Å². The number of aromatic carboxylic acids is 1. The van der Waals surface area contributed by atoms with Crippen LogP contribution in [-0.4, -0.2) is 19.5 Å². The van der Waals surface area contributed by atoms with Gasteiger partial charge in [-0.15, -0.1) is 0 Å². The van der Waals surface area contributed by atoms with Gasteiger partial charge in [-0.3, -0.25) is 4.72 Å². The summed E-state index contributed by atoms with van der Waals surface area (Å²) in [6, 6.07) is 9.79. The van der Waals surface area contributed by atoms with Crippen molar-refractivity contribution in [3.05, 3.63) is 57.5 Å². The van der Waals surface area contributed by atoms with Crippen molar-refractivity contribution in [2.75, 3.05) is 4.72 Å². The Balaban J connectivity index is 2.41. The molecule has 8 heteroatoms. The highest BCUT2D eigenvalue weighted by Gasteiger charge is 2.17. The van der Waals surface area contributed by atoms with Gasteiger partial charge in [-0.05, 0) is 36.4 Å². The summed E-state index contributed by atoms with van der Waals surface area (Å²) in [6.07, 6.45) is 0. The van der Waals surface area contributed by atoms with Crippen molar-refractivity contribution in [3.8, 4) is 0 Å². The normalized spacial score (nSPS) is 11.1. The van der Waals surface area contributed by atoms with Crippen LogP contribution in [0.2, 0.25) is 5.02 Å². The van der Waals surface area contributed by atoms with Crippen LogP contribution in [-0.2, 0) is 10.0 Å². The van der Waals surface area contributed by atoms with Crippen LogP contribution >= 0.6 is 27.5 Å². The number of sulfonamides is 1. The molecule has 0 fully saturated rings. The molecule has 0 heterocycles. The third kappa shape index (κ3) is 3.75. The predicted molar refractivity (Wildman–Crippen MR) is 83.4 cm³/mol. The molecule has 2 aromatic rings. The minimum Gasteiger partial charge on any atom is -0.478 e. The molecule has 0 saturated carbocycles. The third-order valence-corrected chi connectivity index (χ3v) is 4.75. The summed E-state index contributed by atoms with van der Waals surface area (Å²) in [5, 5.41) is 9.14. The number of rotatable bonds is 4. The molecule has 0 aliphatic carbocycles. The van der Waals surface area contributed by atoms with Crippen molar-refractivity contribution in [3.63, 3.8) is 0 Å². The molecule has 0 aliphatic heterocycles. The number of hydrogen-bond donors (Lipinski definition) is 2. The smallest absolute Gasteiger partial charge is 0.335 e. The minimum absolute atomic E-state index is 0.113. The lowest BCUT2D eigenvalue weighted by Gasteiger charge is -2.10. The molecule has 21 heavy (non-hydrogen) atoms. The molecular weight excluding hydrogens is 382 g/mol. The monoisotopic (exact) mass is 389 g/mol. The Morgan fingerprint density at radius 3 is 2.57 bits per heavy atom. The van der Waals surface area contributed by atoms with Crippen LogP contribution in [0.15, 0.2) is 51.8 Å². The summed E-state index contributed by atoms with van der Waals surface area (Å²) in [7, 11) is -3.93. The van der Waals surface area contributed by atoms with Gasteiger partial charge in [-0.2, -0.15) is 0 Å². The maximum Gasteiger partial charge on any atom is 0.335 e. The molecule has 0 aromatic heterocycles. The zero-order valence-corrected chi connectivity index (χ0v) is 13.5. The van der Waals surface area contributed by atoms with Crippen molar-refractivity contribution in [1.82, 2.24) is 0 Å². The zero-order chi connectivity index (χ0) is 15.6. The van der Waals surface area contributed by atoms with Crippen LogP contribution in [0.25, 0.3) is 0 Å². The van der Waals surface area contributed by atoms with Gasteiger partial charge in [0.15, 0.2) is 0 Å². The fraction of sp³-hybridized carbons (Fsp3) is 0. The molecule has 2 N–H and O–H groups in total. The topological polar surface area (TPSA) is 83.5 Å². The average Bonchev–Trinajstić information content (AvgIpc) is 2.43. The standard InChI is InChI=1S/C13H9BrClNO4S/c14-9-4-5-11(15)12(7-9)16-21(19,20)10-3-1-2-8(6-10)13(17)18/h1-7,16H,(H,17,18). The molecule has 5 nitrogen and oxygen atoms in total. The first-order valence-electron chi connectivity index (χ1n) is 5.61. The van der Waals surface area contributed by atoms with Crippen LogP contribution in [0.4, 0.5) is 5.69 Å². The third-order valence-electron chi connectivity index (χ3n) is 2.56. The van der Waals surface area contributed by atoms with E-state index in [1.807, 2.05) is 0 Å². The lowest BCUT2D eigenvalue weighted by atomic mass is 10.2. The van der Waals surface area contributed by atoms with E-state index in [9.17, 15) is 13.2 Å². The number of nitrogens with one attached hydrogen (secondary N) is 1. The summed E-state index contributed by atoms with van der Waals surface area (Å²) in [5.41, 5.74) is 0.0879. The second-order valence-electron chi connectivity index (χ2n) is 4.06. The molecule has 0 unspecified atom stereocenters. The van der Waals surface area contributed by atoms with E-state index < -0.39 is 16.0 Å². The number of benzene rings is 2. The second kappa shape index (κ2) is 6.05. The van der Waals surface area contributed by atoms with Crippen LogP contribution in [0, 0.1) is 0 Å². The molecule has 2 rings (SSSR count). The Kier molecular flexibility index (Phi) is 4.55. The van der Waals surface area contributed by atoms with Gasteiger partial charge in [-0.1, -0.05) is 33.6 Å². The van der Waals surface area contributed by atoms with Gasteiger partial charge < -0.3 is 5.11 Å². The van der Waals surface area contributed by atoms with E-state index in [2.05, 4.69) is 20.7 Å². The summed E-state index contributed by atoms with van der Waals surface area (Å²) < 4.78 is 27.5. The maximum atomic E-state index is 12.3. The lowest BCUT2D eigenvalue weighted by molar-refractivity contribution is 0.0696. The first-order chi connectivity index (χ1) is 9.79. The van der Waals surface area contributed by atoms with Gasteiger partial charge in [0.05, 0.1) is 21.2 Å². The molecule has 0 amide bonds. The van der Waals surface area contributed by atoms with E-state index in [-0.39, 0.29) is 21.2 Å². The first-order valence-corrected chi connectivity index (χ1v) is 8.26. The summed E-state index contributed by atoms with van der Waals surface area (Å²) >= 11 is 9.15. The second-order valence-corrected chi connectivity index (χ2v) is 7.07. The quantitative estimate of drug-likeness (QED) is 0.835. The number of carbonyl (C=O) groups is 1. The highest BCUT2D eigenvalue weighted by Crippen LogP contribution is 2.28. The number of halogens is 2. The molecule has 0 bridgehead atoms. The molecule has 0 radical (unpaired) electrons. The summed E-state index contributed by atoms with van der Waals surface area (Å²) in [6.45, 7) is 0. The van der Waals surface area contributed by atoms with E-state index in [0.29, 0.717) is 4.47 Å². The van der Waals surface area contributed by atoms with Crippen molar-refractivity contribution in [2.45, 2.75) is 4.90 Å². The van der Waals surface area contributed by atoms with Crippen molar-refractivity contribution >= 4 is 49.2 Å². The summed E-state index contributed by atoms with van der Waals surface area (Å²) in [4.78, 5) is 10.7. The highest BCUT2D eigenvalue weighted by molar-refractivity contribution is 9.10. The van der Waals surface area contributed by atoms with Gasteiger partial charge in [0.2, 0.25) is 0 Å². The Morgan fingerprint density at radius 1 is 1.19 bits per heavy atom. The number of carboxylic acid groups (broad SMARTS) is 1. The van der Waals surface area contributed by atoms with Crippen molar-refractivity contribution in [1.29, 1.82) is 0 Å². The van der Waals surface area contributed by atoms with E-state index in [0.717, 1.165) is 6.07 Å². The van der Waals surface area contributed by atoms with Crippen molar-refractivity contribution < 1.29 is 18.3 Å². The summed E-state index contributed by atoms with van der Waals surface area (Å²) in [5.74, 6) is -1.20. The Hall–Kier alpha value is -1.57.